The fraction of sp³-hybridized carbons (Fsp3) is 0.231. The molecule has 3 N–H and O–H groups in total. The molecule has 0 radical (unpaired) electrons. The molecule has 0 spiro atoms. The Balaban J connectivity index is 2.33. The van der Waals surface area contributed by atoms with Crippen LogP contribution in [0.15, 0.2) is 24.4 Å². The molecule has 94 valence electrons. The second kappa shape index (κ2) is 5.33. The molecular formula is C13H15ClN4. The number of nitrogens with one attached hydrogen (secondary N) is 1. The van der Waals surface area contributed by atoms with Crippen LogP contribution in [0.2, 0.25) is 5.02 Å². The van der Waals surface area contributed by atoms with E-state index in [1.807, 2.05) is 19.9 Å². The molecule has 4 nitrogen and oxygen atoms in total. The van der Waals surface area contributed by atoms with Crippen molar-refractivity contribution in [1.29, 1.82) is 0 Å². The predicted octanol–water partition coefficient (Wildman–Crippen LogP) is 2.95. The molecule has 2 aromatic rings. The predicted molar refractivity (Wildman–Crippen MR) is 74.1 cm³/mol. The third-order valence-electron chi connectivity index (χ3n) is 2.57. The maximum atomic E-state index is 6.23. The molecule has 0 atom stereocenters. The molecular weight excluding hydrogens is 248 g/mol. The molecule has 1 aromatic heterocycles. The van der Waals surface area contributed by atoms with Gasteiger partial charge in [-0.1, -0.05) is 17.7 Å². The van der Waals surface area contributed by atoms with E-state index in [0.717, 1.165) is 16.8 Å². The van der Waals surface area contributed by atoms with Gasteiger partial charge in [0.05, 0.1) is 17.3 Å². The van der Waals surface area contributed by atoms with E-state index in [1.165, 1.54) is 0 Å². The summed E-state index contributed by atoms with van der Waals surface area (Å²) in [6, 6.07) is 5.77. The lowest BCUT2D eigenvalue weighted by Gasteiger charge is -2.12. The molecule has 5 heteroatoms. The SMILES string of the molecule is Cc1cc(C)c(Nc2ccnc(CN)n2)c(Cl)c1. The lowest BCUT2D eigenvalue weighted by atomic mass is 10.1. The number of aryl methyl sites for hydroxylation is 2. The number of halogens is 1. The van der Waals surface area contributed by atoms with Crippen LogP contribution in [0.1, 0.15) is 17.0 Å². The number of rotatable bonds is 3. The van der Waals surface area contributed by atoms with E-state index in [-0.39, 0.29) is 0 Å². The van der Waals surface area contributed by atoms with Crippen LogP contribution < -0.4 is 11.1 Å². The van der Waals surface area contributed by atoms with Crippen molar-refractivity contribution in [3.8, 4) is 0 Å². The van der Waals surface area contributed by atoms with Crippen molar-refractivity contribution in [1.82, 2.24) is 9.97 Å². The van der Waals surface area contributed by atoms with Gasteiger partial charge in [-0.2, -0.15) is 0 Å². The topological polar surface area (TPSA) is 63.8 Å². The summed E-state index contributed by atoms with van der Waals surface area (Å²) in [5.74, 6) is 1.29. The van der Waals surface area contributed by atoms with Gasteiger partial charge in [-0.15, -0.1) is 0 Å². The highest BCUT2D eigenvalue weighted by Gasteiger charge is 2.06. The number of hydrogen-bond acceptors (Lipinski definition) is 4. The van der Waals surface area contributed by atoms with Gasteiger partial charge in [0, 0.05) is 6.20 Å². The number of hydrogen-bond donors (Lipinski definition) is 2. The summed E-state index contributed by atoms with van der Waals surface area (Å²) in [6.45, 7) is 4.34. The van der Waals surface area contributed by atoms with Gasteiger partial charge in [-0.25, -0.2) is 9.97 Å². The summed E-state index contributed by atoms with van der Waals surface area (Å²) in [7, 11) is 0. The minimum atomic E-state index is 0.316. The molecule has 1 aromatic carbocycles. The van der Waals surface area contributed by atoms with Crippen LogP contribution in [0.25, 0.3) is 0 Å². The molecule has 0 unspecified atom stereocenters. The second-order valence-electron chi connectivity index (χ2n) is 4.13. The van der Waals surface area contributed by atoms with Gasteiger partial charge >= 0.3 is 0 Å². The van der Waals surface area contributed by atoms with Gasteiger partial charge in [-0.3, -0.25) is 0 Å². The highest BCUT2D eigenvalue weighted by atomic mass is 35.5. The maximum Gasteiger partial charge on any atom is 0.144 e. The van der Waals surface area contributed by atoms with Crippen LogP contribution in [-0.2, 0) is 6.54 Å². The summed E-state index contributed by atoms with van der Waals surface area (Å²) in [5.41, 5.74) is 8.59. The van der Waals surface area contributed by atoms with Crippen molar-refractivity contribution in [3.05, 3.63) is 46.4 Å². The Morgan fingerprint density at radius 1 is 1.33 bits per heavy atom. The minimum absolute atomic E-state index is 0.316. The van der Waals surface area contributed by atoms with Crippen molar-refractivity contribution in [2.45, 2.75) is 20.4 Å². The average Bonchev–Trinajstić information content (AvgIpc) is 2.34. The van der Waals surface area contributed by atoms with E-state index < -0.39 is 0 Å². The van der Waals surface area contributed by atoms with Crippen molar-refractivity contribution in [2.24, 2.45) is 5.73 Å². The van der Waals surface area contributed by atoms with Gasteiger partial charge in [0.1, 0.15) is 11.6 Å². The fourth-order valence-corrected chi connectivity index (χ4v) is 2.14. The van der Waals surface area contributed by atoms with Crippen LogP contribution in [-0.4, -0.2) is 9.97 Å². The van der Waals surface area contributed by atoms with Crippen molar-refractivity contribution in [3.63, 3.8) is 0 Å². The molecule has 0 saturated carbocycles. The van der Waals surface area contributed by atoms with Crippen LogP contribution >= 0.6 is 11.6 Å². The Kier molecular flexibility index (Phi) is 3.79. The summed E-state index contributed by atoms with van der Waals surface area (Å²) in [5, 5.41) is 3.88. The van der Waals surface area contributed by atoms with E-state index in [2.05, 4.69) is 21.4 Å². The number of anilines is 2. The van der Waals surface area contributed by atoms with E-state index in [0.29, 0.717) is 23.2 Å². The number of nitrogens with two attached hydrogens (primary N) is 1. The van der Waals surface area contributed by atoms with Gasteiger partial charge in [0.25, 0.3) is 0 Å². The Morgan fingerprint density at radius 2 is 2.11 bits per heavy atom. The zero-order valence-electron chi connectivity index (χ0n) is 10.4. The van der Waals surface area contributed by atoms with E-state index in [4.69, 9.17) is 17.3 Å². The molecule has 0 amide bonds. The lowest BCUT2D eigenvalue weighted by molar-refractivity contribution is 0.912. The third-order valence-corrected chi connectivity index (χ3v) is 2.87. The van der Waals surface area contributed by atoms with E-state index in [9.17, 15) is 0 Å². The normalized spacial score (nSPS) is 10.4. The van der Waals surface area contributed by atoms with Crippen molar-refractivity contribution < 1.29 is 0 Å². The Bertz CT molecular complexity index is 546. The first-order valence-corrected chi connectivity index (χ1v) is 6.03. The van der Waals surface area contributed by atoms with Crippen LogP contribution in [0.3, 0.4) is 0 Å². The lowest BCUT2D eigenvalue weighted by Crippen LogP contribution is -2.05. The molecule has 0 fully saturated rings. The first-order chi connectivity index (χ1) is 8.60. The second-order valence-corrected chi connectivity index (χ2v) is 4.53. The molecule has 0 bridgehead atoms. The third kappa shape index (κ3) is 2.78. The highest BCUT2D eigenvalue weighted by molar-refractivity contribution is 6.33. The standard InChI is InChI=1S/C13H15ClN4/c1-8-5-9(2)13(10(14)6-8)18-11-3-4-16-12(7-15)17-11/h3-6H,7,15H2,1-2H3,(H,16,17,18). The summed E-state index contributed by atoms with van der Waals surface area (Å²) >= 11 is 6.23. The first-order valence-electron chi connectivity index (χ1n) is 5.66. The fourth-order valence-electron chi connectivity index (χ4n) is 1.77. The zero-order chi connectivity index (χ0) is 13.1. The monoisotopic (exact) mass is 262 g/mol. The van der Waals surface area contributed by atoms with E-state index >= 15 is 0 Å². The van der Waals surface area contributed by atoms with Gasteiger partial charge in [0.15, 0.2) is 0 Å². The van der Waals surface area contributed by atoms with Gasteiger partial charge < -0.3 is 11.1 Å². The largest absolute Gasteiger partial charge is 0.339 e. The van der Waals surface area contributed by atoms with Crippen molar-refractivity contribution >= 4 is 23.1 Å². The van der Waals surface area contributed by atoms with E-state index in [1.54, 1.807) is 12.3 Å². The van der Waals surface area contributed by atoms with Crippen LogP contribution in [0.4, 0.5) is 11.5 Å². The van der Waals surface area contributed by atoms with Gasteiger partial charge in [-0.05, 0) is 37.1 Å². The number of aromatic nitrogens is 2. The molecule has 0 aliphatic carbocycles. The molecule has 0 aliphatic rings. The molecule has 18 heavy (non-hydrogen) atoms. The molecule has 0 saturated heterocycles. The average molecular weight is 263 g/mol. The highest BCUT2D eigenvalue weighted by Crippen LogP contribution is 2.29. The quantitative estimate of drug-likeness (QED) is 0.893. The van der Waals surface area contributed by atoms with Gasteiger partial charge in [0.2, 0.25) is 0 Å². The Labute approximate surface area is 111 Å². The summed E-state index contributed by atoms with van der Waals surface area (Å²) in [6.07, 6.45) is 1.68. The van der Waals surface area contributed by atoms with Crippen LogP contribution in [0.5, 0.6) is 0 Å². The molecule has 1 heterocycles. The Hall–Kier alpha value is -1.65. The Morgan fingerprint density at radius 3 is 2.78 bits per heavy atom. The maximum absolute atomic E-state index is 6.23. The molecule has 2 rings (SSSR count). The number of benzene rings is 1. The molecule has 0 aliphatic heterocycles. The smallest absolute Gasteiger partial charge is 0.144 e. The number of nitrogens with zero attached hydrogens (tertiary/aromatic N) is 2. The summed E-state index contributed by atoms with van der Waals surface area (Å²) in [4.78, 5) is 8.33. The first kappa shape index (κ1) is 12.8. The summed E-state index contributed by atoms with van der Waals surface area (Å²) < 4.78 is 0. The zero-order valence-corrected chi connectivity index (χ0v) is 11.1. The van der Waals surface area contributed by atoms with Crippen LogP contribution in [0, 0.1) is 13.8 Å². The van der Waals surface area contributed by atoms with Crippen molar-refractivity contribution in [2.75, 3.05) is 5.32 Å². The minimum Gasteiger partial charge on any atom is -0.339 e.